The van der Waals surface area contributed by atoms with E-state index in [9.17, 15) is 14.9 Å². The first-order valence-electron chi connectivity index (χ1n) is 14.3. The molecule has 2 saturated heterocycles. The second-order valence-electron chi connectivity index (χ2n) is 11.0. The molecule has 8 nitrogen and oxygen atoms in total. The van der Waals surface area contributed by atoms with Gasteiger partial charge in [-0.2, -0.15) is 0 Å². The van der Waals surface area contributed by atoms with Crippen molar-refractivity contribution in [1.82, 2.24) is 9.80 Å². The highest BCUT2D eigenvalue weighted by Gasteiger charge is 2.30. The molecule has 2 N–H and O–H groups in total. The Bertz CT molecular complexity index is 1420. The lowest BCUT2D eigenvalue weighted by molar-refractivity contribution is -0.384. The Morgan fingerprint density at radius 1 is 0.850 bits per heavy atom. The van der Waals surface area contributed by atoms with Crippen LogP contribution in [0.2, 0.25) is 0 Å². The van der Waals surface area contributed by atoms with Crippen molar-refractivity contribution in [2.24, 2.45) is 0 Å². The van der Waals surface area contributed by atoms with Crippen molar-refractivity contribution in [2.45, 2.75) is 38.6 Å². The van der Waals surface area contributed by atoms with Gasteiger partial charge < -0.3 is 15.5 Å². The van der Waals surface area contributed by atoms with E-state index in [1.807, 2.05) is 24.3 Å². The summed E-state index contributed by atoms with van der Waals surface area (Å²) in [4.78, 5) is 29.4. The number of nitrogens with one attached hydrogen (secondary N) is 2. The summed E-state index contributed by atoms with van der Waals surface area (Å²) in [6.45, 7) is 6.63. The molecule has 0 unspecified atom stereocenters. The Morgan fingerprint density at radius 2 is 1.50 bits per heavy atom. The molecule has 3 aromatic rings. The molecule has 0 radical (unpaired) electrons. The average Bonchev–Trinajstić information content (AvgIpc) is 3.73. The molecule has 40 heavy (non-hydrogen) atoms. The van der Waals surface area contributed by atoms with Gasteiger partial charge in [-0.1, -0.05) is 36.4 Å². The van der Waals surface area contributed by atoms with Crippen LogP contribution >= 0.6 is 0 Å². The molecular weight excluding hydrogens is 502 g/mol. The van der Waals surface area contributed by atoms with Gasteiger partial charge in [0.2, 0.25) is 0 Å². The predicted octanol–water partition coefficient (Wildman–Crippen LogP) is 5.76. The van der Waals surface area contributed by atoms with Gasteiger partial charge in [0.15, 0.2) is 0 Å². The number of nitro groups is 1. The molecule has 8 heteroatoms. The Morgan fingerprint density at radius 3 is 2.17 bits per heavy atom. The summed E-state index contributed by atoms with van der Waals surface area (Å²) in [5, 5.41) is 17.9. The van der Waals surface area contributed by atoms with E-state index in [4.69, 9.17) is 0 Å². The summed E-state index contributed by atoms with van der Waals surface area (Å²) >= 11 is 0. The van der Waals surface area contributed by atoms with Gasteiger partial charge >= 0.3 is 0 Å². The third-order valence-electron chi connectivity index (χ3n) is 8.19. The van der Waals surface area contributed by atoms with Crippen molar-refractivity contribution in [3.63, 3.8) is 0 Å². The van der Waals surface area contributed by atoms with Crippen molar-refractivity contribution in [3.05, 3.63) is 99.1 Å². The zero-order valence-corrected chi connectivity index (χ0v) is 22.7. The van der Waals surface area contributed by atoms with Gasteiger partial charge in [0.1, 0.15) is 0 Å². The van der Waals surface area contributed by atoms with Gasteiger partial charge in [-0.3, -0.25) is 19.8 Å². The summed E-state index contributed by atoms with van der Waals surface area (Å²) < 4.78 is 0. The quantitative estimate of drug-likeness (QED) is 0.205. The molecule has 1 amide bonds. The van der Waals surface area contributed by atoms with E-state index < -0.39 is 4.92 Å². The van der Waals surface area contributed by atoms with Crippen LogP contribution in [0.5, 0.6) is 0 Å². The first kappa shape index (κ1) is 26.2. The summed E-state index contributed by atoms with van der Waals surface area (Å²) in [5.41, 5.74) is 6.32. The molecule has 0 saturated carbocycles. The number of nitrogens with zero attached hydrogens (tertiary/aromatic N) is 3. The van der Waals surface area contributed by atoms with Crippen LogP contribution in [-0.4, -0.2) is 53.4 Å². The lowest BCUT2D eigenvalue weighted by Gasteiger charge is -2.18. The van der Waals surface area contributed by atoms with Gasteiger partial charge in [0, 0.05) is 42.2 Å². The van der Waals surface area contributed by atoms with Crippen LogP contribution in [-0.2, 0) is 17.8 Å². The fraction of sp³-hybridized carbons (Fsp3) is 0.344. The first-order chi connectivity index (χ1) is 19.5. The van der Waals surface area contributed by atoms with Crippen LogP contribution in [0.3, 0.4) is 0 Å². The van der Waals surface area contributed by atoms with Crippen LogP contribution in [0.25, 0.3) is 11.3 Å². The Kier molecular flexibility index (Phi) is 7.62. The third kappa shape index (κ3) is 5.78. The van der Waals surface area contributed by atoms with E-state index in [2.05, 4.69) is 44.7 Å². The van der Waals surface area contributed by atoms with E-state index in [1.165, 1.54) is 62.0 Å². The number of fused-ring (bicyclic) bond motifs is 1. The number of likely N-dealkylation sites (tertiary alicyclic amines) is 2. The number of nitro benzene ring substituents is 1. The maximum Gasteiger partial charge on any atom is 0.270 e. The fourth-order valence-corrected chi connectivity index (χ4v) is 5.96. The lowest BCUT2D eigenvalue weighted by atomic mass is 9.98. The monoisotopic (exact) mass is 537 g/mol. The molecule has 0 bridgehead atoms. The largest absolute Gasteiger partial charge is 0.354 e. The standard InChI is InChI=1S/C32H35N5O3/c38-32-30(28-21-27(37(39)40)13-14-29(28)34-32)31(25-9-5-23(6-10-25)15-20-35-16-1-2-17-35)33-26-11-7-24(8-12-26)22-36-18-3-4-19-36/h5-14,21,33H,1-4,15-20,22H2,(H,34,38)/b31-30-. The molecule has 6 rings (SSSR count). The Labute approximate surface area is 234 Å². The summed E-state index contributed by atoms with van der Waals surface area (Å²) in [7, 11) is 0. The maximum atomic E-state index is 13.3. The Balaban J connectivity index is 1.32. The Hall–Kier alpha value is -4.01. The molecule has 3 aliphatic heterocycles. The highest BCUT2D eigenvalue weighted by molar-refractivity contribution is 6.37. The minimum absolute atomic E-state index is 0.0457. The molecule has 206 valence electrons. The number of amides is 1. The van der Waals surface area contributed by atoms with Crippen molar-refractivity contribution in [3.8, 4) is 0 Å². The van der Waals surface area contributed by atoms with Crippen molar-refractivity contribution < 1.29 is 9.72 Å². The first-order valence-corrected chi connectivity index (χ1v) is 14.3. The molecule has 0 aliphatic carbocycles. The lowest BCUT2D eigenvalue weighted by Crippen LogP contribution is -2.21. The van der Waals surface area contributed by atoms with E-state index in [-0.39, 0.29) is 11.6 Å². The van der Waals surface area contributed by atoms with Crippen molar-refractivity contribution in [2.75, 3.05) is 43.4 Å². The molecule has 3 heterocycles. The number of benzene rings is 3. The highest BCUT2D eigenvalue weighted by atomic mass is 16.6. The van der Waals surface area contributed by atoms with Gasteiger partial charge in [-0.25, -0.2) is 0 Å². The maximum absolute atomic E-state index is 13.3. The molecular formula is C32H35N5O3. The smallest absolute Gasteiger partial charge is 0.270 e. The average molecular weight is 538 g/mol. The molecule has 3 aliphatic rings. The van der Waals surface area contributed by atoms with Crippen molar-refractivity contribution >= 4 is 34.2 Å². The van der Waals surface area contributed by atoms with E-state index in [0.29, 0.717) is 22.5 Å². The van der Waals surface area contributed by atoms with Gasteiger partial charge in [0.25, 0.3) is 11.6 Å². The number of anilines is 2. The van der Waals surface area contributed by atoms with Gasteiger partial charge in [-0.05, 0) is 93.2 Å². The van der Waals surface area contributed by atoms with E-state index in [1.54, 1.807) is 6.07 Å². The molecule has 2 fully saturated rings. The molecule has 0 aromatic heterocycles. The number of carbonyl (C=O) groups excluding carboxylic acids is 1. The normalized spacial score (nSPS) is 18.6. The summed E-state index contributed by atoms with van der Waals surface area (Å²) in [6, 6.07) is 21.1. The third-order valence-corrected chi connectivity index (χ3v) is 8.19. The van der Waals surface area contributed by atoms with E-state index in [0.717, 1.165) is 43.9 Å². The highest BCUT2D eigenvalue weighted by Crippen LogP contribution is 2.39. The number of carbonyl (C=O) groups is 1. The van der Waals surface area contributed by atoms with Crippen LogP contribution in [0, 0.1) is 10.1 Å². The topological polar surface area (TPSA) is 90.7 Å². The van der Waals surface area contributed by atoms with E-state index >= 15 is 0 Å². The summed E-state index contributed by atoms with van der Waals surface area (Å²) in [6.07, 6.45) is 6.06. The SMILES string of the molecule is O=C1Nc2ccc([N+](=O)[O-])cc2/C1=C(/Nc1ccc(CN2CCCC2)cc1)c1ccc(CCN2CCCC2)cc1. The van der Waals surface area contributed by atoms with Crippen LogP contribution in [0.15, 0.2) is 66.7 Å². The number of hydrogen-bond acceptors (Lipinski definition) is 6. The fourth-order valence-electron chi connectivity index (χ4n) is 5.96. The summed E-state index contributed by atoms with van der Waals surface area (Å²) in [5.74, 6) is -0.276. The zero-order valence-electron chi connectivity index (χ0n) is 22.7. The number of non-ortho nitro benzene ring substituents is 1. The van der Waals surface area contributed by atoms with Crippen LogP contribution in [0.4, 0.5) is 17.1 Å². The molecule has 0 spiro atoms. The van der Waals surface area contributed by atoms with Gasteiger partial charge in [-0.15, -0.1) is 0 Å². The van der Waals surface area contributed by atoms with Crippen molar-refractivity contribution in [1.29, 1.82) is 0 Å². The minimum atomic E-state index is -0.429. The second-order valence-corrected chi connectivity index (χ2v) is 11.0. The predicted molar refractivity (Wildman–Crippen MR) is 159 cm³/mol. The zero-order chi connectivity index (χ0) is 27.5. The second kappa shape index (κ2) is 11.6. The number of hydrogen-bond donors (Lipinski definition) is 2. The minimum Gasteiger partial charge on any atom is -0.354 e. The van der Waals surface area contributed by atoms with Crippen LogP contribution < -0.4 is 10.6 Å². The molecule has 0 atom stereocenters. The van der Waals surface area contributed by atoms with Crippen LogP contribution in [0.1, 0.15) is 47.9 Å². The van der Waals surface area contributed by atoms with Gasteiger partial charge in [0.05, 0.1) is 16.2 Å². The number of rotatable bonds is 9. The molecule has 3 aromatic carbocycles.